The first-order chi connectivity index (χ1) is 9.66. The molecule has 6 nitrogen and oxygen atoms in total. The molecule has 0 spiro atoms. The second-order valence-corrected chi connectivity index (χ2v) is 4.78. The molecule has 1 saturated heterocycles. The maximum absolute atomic E-state index is 11.8. The molecular formula is C14H19N3O3. The average Bonchev–Trinajstić information content (AvgIpc) is 2.48. The first-order valence-corrected chi connectivity index (χ1v) is 6.68. The maximum atomic E-state index is 11.8. The largest absolute Gasteiger partial charge is 0.390 e. The van der Waals surface area contributed by atoms with E-state index in [0.29, 0.717) is 18.5 Å². The minimum atomic E-state index is -0.586. The van der Waals surface area contributed by atoms with E-state index in [2.05, 4.69) is 16.0 Å². The highest BCUT2D eigenvalue weighted by Crippen LogP contribution is 2.03. The van der Waals surface area contributed by atoms with Gasteiger partial charge in [0.15, 0.2) is 0 Å². The Morgan fingerprint density at radius 2 is 2.05 bits per heavy atom. The average molecular weight is 277 g/mol. The van der Waals surface area contributed by atoms with Crippen LogP contribution in [0.2, 0.25) is 0 Å². The van der Waals surface area contributed by atoms with Gasteiger partial charge in [-0.3, -0.25) is 9.59 Å². The summed E-state index contributed by atoms with van der Waals surface area (Å²) in [6.45, 7) is 1.14. The van der Waals surface area contributed by atoms with Crippen molar-refractivity contribution in [2.24, 2.45) is 0 Å². The van der Waals surface area contributed by atoms with E-state index in [1.807, 2.05) is 6.07 Å². The van der Waals surface area contributed by atoms with Crippen molar-refractivity contribution in [1.82, 2.24) is 16.0 Å². The maximum Gasteiger partial charge on any atom is 0.251 e. The summed E-state index contributed by atoms with van der Waals surface area (Å²) in [6.07, 6.45) is 0.0945. The van der Waals surface area contributed by atoms with E-state index >= 15 is 0 Å². The monoisotopic (exact) mass is 277 g/mol. The van der Waals surface area contributed by atoms with E-state index in [9.17, 15) is 14.7 Å². The zero-order chi connectivity index (χ0) is 14.4. The molecule has 1 aromatic carbocycles. The number of hydrogen-bond donors (Lipinski definition) is 4. The van der Waals surface area contributed by atoms with Crippen LogP contribution >= 0.6 is 0 Å². The number of carbonyl (C=O) groups excluding carboxylic acids is 2. The van der Waals surface area contributed by atoms with Gasteiger partial charge in [-0.2, -0.15) is 0 Å². The second-order valence-electron chi connectivity index (χ2n) is 4.78. The normalized spacial score (nSPS) is 22.1. The summed E-state index contributed by atoms with van der Waals surface area (Å²) in [5.74, 6) is -0.577. The van der Waals surface area contributed by atoms with Crippen LogP contribution in [0.5, 0.6) is 0 Å². The fourth-order valence-electron chi connectivity index (χ4n) is 2.12. The van der Waals surface area contributed by atoms with Gasteiger partial charge in [-0.05, 0) is 25.1 Å². The van der Waals surface area contributed by atoms with Crippen LogP contribution in [-0.2, 0) is 4.79 Å². The van der Waals surface area contributed by atoms with Gasteiger partial charge in [0.2, 0.25) is 5.91 Å². The van der Waals surface area contributed by atoms with Crippen molar-refractivity contribution in [2.45, 2.75) is 18.6 Å². The third-order valence-electron chi connectivity index (χ3n) is 3.24. The van der Waals surface area contributed by atoms with E-state index in [-0.39, 0.29) is 24.4 Å². The van der Waals surface area contributed by atoms with E-state index < -0.39 is 6.10 Å². The SMILES string of the molecule is O=C(CNC(=O)c1ccccc1)N[C@@H]1CCNC[C@H]1O. The summed E-state index contributed by atoms with van der Waals surface area (Å²) in [5.41, 5.74) is 0.516. The molecule has 0 aromatic heterocycles. The highest BCUT2D eigenvalue weighted by molar-refractivity contribution is 5.96. The summed E-state index contributed by atoms with van der Waals surface area (Å²) in [4.78, 5) is 23.5. The number of benzene rings is 1. The number of aliphatic hydroxyl groups excluding tert-OH is 1. The lowest BCUT2D eigenvalue weighted by molar-refractivity contribution is -0.121. The Morgan fingerprint density at radius 3 is 2.75 bits per heavy atom. The highest BCUT2D eigenvalue weighted by atomic mass is 16.3. The van der Waals surface area contributed by atoms with Crippen LogP contribution in [0, 0.1) is 0 Å². The number of rotatable bonds is 4. The van der Waals surface area contributed by atoms with E-state index in [4.69, 9.17) is 0 Å². The van der Waals surface area contributed by atoms with Crippen LogP contribution in [0.15, 0.2) is 30.3 Å². The lowest BCUT2D eigenvalue weighted by Crippen LogP contribution is -2.54. The van der Waals surface area contributed by atoms with Gasteiger partial charge < -0.3 is 21.1 Å². The topological polar surface area (TPSA) is 90.5 Å². The summed E-state index contributed by atoms with van der Waals surface area (Å²) in [6, 6.07) is 8.47. The Balaban J connectivity index is 1.76. The van der Waals surface area contributed by atoms with Crippen molar-refractivity contribution < 1.29 is 14.7 Å². The van der Waals surface area contributed by atoms with Gasteiger partial charge in [0.05, 0.1) is 18.7 Å². The number of β-amino-alcohol motifs (C(OH)–C–C–N with tert-alkyl or cyclic N) is 1. The third-order valence-corrected chi connectivity index (χ3v) is 3.24. The number of piperidine rings is 1. The molecule has 0 aliphatic carbocycles. The fraction of sp³-hybridized carbons (Fsp3) is 0.429. The molecule has 108 valence electrons. The van der Waals surface area contributed by atoms with E-state index in [1.165, 1.54) is 0 Å². The zero-order valence-electron chi connectivity index (χ0n) is 11.1. The van der Waals surface area contributed by atoms with Gasteiger partial charge in [-0.15, -0.1) is 0 Å². The molecule has 6 heteroatoms. The minimum Gasteiger partial charge on any atom is -0.390 e. The van der Waals surface area contributed by atoms with Crippen LogP contribution in [-0.4, -0.2) is 48.7 Å². The summed E-state index contributed by atoms with van der Waals surface area (Å²) < 4.78 is 0. The molecule has 0 bridgehead atoms. The van der Waals surface area contributed by atoms with Crippen molar-refractivity contribution in [3.05, 3.63) is 35.9 Å². The third kappa shape index (κ3) is 4.04. The Bertz CT molecular complexity index is 464. The molecule has 2 atom stereocenters. The molecule has 1 aromatic rings. The van der Waals surface area contributed by atoms with Crippen molar-refractivity contribution in [1.29, 1.82) is 0 Å². The van der Waals surface area contributed by atoms with Gasteiger partial charge in [0.25, 0.3) is 5.91 Å². The number of aliphatic hydroxyl groups is 1. The van der Waals surface area contributed by atoms with Crippen LogP contribution in [0.25, 0.3) is 0 Å². The number of carbonyl (C=O) groups is 2. The molecule has 20 heavy (non-hydrogen) atoms. The summed E-state index contributed by atoms with van der Waals surface area (Å²) >= 11 is 0. The predicted molar refractivity (Wildman–Crippen MR) is 74.2 cm³/mol. The number of amides is 2. The Hall–Kier alpha value is -1.92. The Kier molecular flexibility index (Phi) is 5.09. The molecule has 1 aliphatic rings. The van der Waals surface area contributed by atoms with Crippen LogP contribution in [0.4, 0.5) is 0 Å². The Labute approximate surface area is 117 Å². The Morgan fingerprint density at radius 1 is 1.30 bits per heavy atom. The first kappa shape index (κ1) is 14.5. The molecule has 0 saturated carbocycles. The van der Waals surface area contributed by atoms with E-state index in [0.717, 1.165) is 6.54 Å². The number of nitrogens with one attached hydrogen (secondary N) is 3. The smallest absolute Gasteiger partial charge is 0.251 e. The van der Waals surface area contributed by atoms with Crippen molar-refractivity contribution in [3.8, 4) is 0 Å². The number of hydrogen-bond acceptors (Lipinski definition) is 4. The van der Waals surface area contributed by atoms with Gasteiger partial charge in [-0.25, -0.2) is 0 Å². The van der Waals surface area contributed by atoms with Crippen molar-refractivity contribution in [2.75, 3.05) is 19.6 Å². The molecule has 1 aliphatic heterocycles. The molecule has 4 N–H and O–H groups in total. The molecule has 2 amide bonds. The predicted octanol–water partition coefficient (Wildman–Crippen LogP) is -0.745. The van der Waals surface area contributed by atoms with Crippen LogP contribution in [0.1, 0.15) is 16.8 Å². The molecular weight excluding hydrogens is 258 g/mol. The quantitative estimate of drug-likeness (QED) is 0.583. The summed E-state index contributed by atoms with van der Waals surface area (Å²) in [7, 11) is 0. The van der Waals surface area contributed by atoms with Gasteiger partial charge in [0.1, 0.15) is 0 Å². The van der Waals surface area contributed by atoms with Crippen LogP contribution in [0.3, 0.4) is 0 Å². The van der Waals surface area contributed by atoms with Gasteiger partial charge in [-0.1, -0.05) is 18.2 Å². The second kappa shape index (κ2) is 7.02. The summed E-state index contributed by atoms with van der Waals surface area (Å²) in [5, 5.41) is 18.0. The van der Waals surface area contributed by atoms with Crippen LogP contribution < -0.4 is 16.0 Å². The van der Waals surface area contributed by atoms with E-state index in [1.54, 1.807) is 24.3 Å². The van der Waals surface area contributed by atoms with Gasteiger partial charge >= 0.3 is 0 Å². The lowest BCUT2D eigenvalue weighted by Gasteiger charge is -2.29. The van der Waals surface area contributed by atoms with Gasteiger partial charge in [0, 0.05) is 12.1 Å². The first-order valence-electron chi connectivity index (χ1n) is 6.68. The molecule has 1 heterocycles. The molecule has 1 fully saturated rings. The molecule has 2 rings (SSSR count). The minimum absolute atomic E-state index is 0.0929. The molecule has 0 unspecified atom stereocenters. The van der Waals surface area contributed by atoms with Crippen molar-refractivity contribution >= 4 is 11.8 Å². The van der Waals surface area contributed by atoms with Crippen molar-refractivity contribution in [3.63, 3.8) is 0 Å². The highest BCUT2D eigenvalue weighted by Gasteiger charge is 2.24. The molecule has 0 radical (unpaired) electrons. The lowest BCUT2D eigenvalue weighted by atomic mass is 10.0. The standard InChI is InChI=1S/C14H19N3O3/c18-12-8-15-7-6-11(12)17-13(19)9-16-14(20)10-4-2-1-3-5-10/h1-5,11-12,15,18H,6-9H2,(H,16,20)(H,17,19)/t11-,12-/m1/s1. The fourth-order valence-corrected chi connectivity index (χ4v) is 2.12. The zero-order valence-corrected chi connectivity index (χ0v) is 11.1.